The first-order chi connectivity index (χ1) is 12.4. The SMILES string of the molecule is O=C(c1ccc(Cl)c(S(=O)(=O)Nc2ccc(Cl)cc2)c1)N1CCCCC1. The minimum atomic E-state index is -3.94. The molecule has 5 nitrogen and oxygen atoms in total. The molecule has 138 valence electrons. The van der Waals surface area contributed by atoms with E-state index in [1.54, 1.807) is 35.2 Å². The van der Waals surface area contributed by atoms with Crippen LogP contribution in [0.3, 0.4) is 0 Å². The maximum absolute atomic E-state index is 12.7. The zero-order chi connectivity index (χ0) is 18.7. The molecule has 3 rings (SSSR count). The summed E-state index contributed by atoms with van der Waals surface area (Å²) in [4.78, 5) is 14.3. The number of piperidine rings is 1. The zero-order valence-corrected chi connectivity index (χ0v) is 16.2. The number of halogens is 2. The molecule has 2 aromatic carbocycles. The van der Waals surface area contributed by atoms with Gasteiger partial charge in [-0.05, 0) is 61.7 Å². The third kappa shape index (κ3) is 4.31. The van der Waals surface area contributed by atoms with E-state index < -0.39 is 10.0 Å². The van der Waals surface area contributed by atoms with E-state index in [1.807, 2.05) is 0 Å². The monoisotopic (exact) mass is 412 g/mol. The fraction of sp³-hybridized carbons (Fsp3) is 0.278. The average Bonchev–Trinajstić information content (AvgIpc) is 2.64. The Morgan fingerprint density at radius 1 is 0.962 bits per heavy atom. The summed E-state index contributed by atoms with van der Waals surface area (Å²) in [7, 11) is -3.94. The number of anilines is 1. The normalized spacial score (nSPS) is 14.9. The number of nitrogens with zero attached hydrogens (tertiary/aromatic N) is 1. The third-order valence-electron chi connectivity index (χ3n) is 4.21. The number of carbonyl (C=O) groups is 1. The Balaban J connectivity index is 1.88. The van der Waals surface area contributed by atoms with Gasteiger partial charge in [0.1, 0.15) is 4.90 Å². The summed E-state index contributed by atoms with van der Waals surface area (Å²) in [6.45, 7) is 1.37. The van der Waals surface area contributed by atoms with Crippen molar-refractivity contribution in [1.29, 1.82) is 0 Å². The van der Waals surface area contributed by atoms with Crippen molar-refractivity contribution in [3.8, 4) is 0 Å². The fourth-order valence-electron chi connectivity index (χ4n) is 2.85. The molecule has 26 heavy (non-hydrogen) atoms. The quantitative estimate of drug-likeness (QED) is 0.807. The molecule has 1 heterocycles. The van der Waals surface area contributed by atoms with Crippen molar-refractivity contribution in [2.75, 3.05) is 17.8 Å². The minimum absolute atomic E-state index is 0.0571. The Kier molecular flexibility index (Phi) is 5.75. The van der Waals surface area contributed by atoms with Gasteiger partial charge in [-0.25, -0.2) is 8.42 Å². The second-order valence-electron chi connectivity index (χ2n) is 6.11. The highest BCUT2D eigenvalue weighted by atomic mass is 35.5. The highest BCUT2D eigenvalue weighted by Crippen LogP contribution is 2.26. The first-order valence-electron chi connectivity index (χ1n) is 8.24. The van der Waals surface area contributed by atoms with E-state index in [4.69, 9.17) is 23.2 Å². The summed E-state index contributed by atoms with van der Waals surface area (Å²) in [5, 5.41) is 0.557. The molecule has 8 heteroatoms. The summed E-state index contributed by atoms with van der Waals surface area (Å²) in [5.74, 6) is -0.177. The van der Waals surface area contributed by atoms with Crippen LogP contribution in [0.4, 0.5) is 5.69 Å². The van der Waals surface area contributed by atoms with Gasteiger partial charge in [-0.1, -0.05) is 23.2 Å². The van der Waals surface area contributed by atoms with Gasteiger partial charge in [0, 0.05) is 29.4 Å². The smallest absolute Gasteiger partial charge is 0.263 e. The summed E-state index contributed by atoms with van der Waals surface area (Å²) in [6, 6.07) is 10.6. The van der Waals surface area contributed by atoms with Crippen LogP contribution in [0.5, 0.6) is 0 Å². The molecule has 1 aliphatic rings. The van der Waals surface area contributed by atoms with Gasteiger partial charge >= 0.3 is 0 Å². The van der Waals surface area contributed by atoms with Crippen LogP contribution in [0.1, 0.15) is 29.6 Å². The lowest BCUT2D eigenvalue weighted by molar-refractivity contribution is 0.0724. The van der Waals surface area contributed by atoms with Crippen LogP contribution in [0, 0.1) is 0 Å². The van der Waals surface area contributed by atoms with E-state index in [0.717, 1.165) is 19.3 Å². The molecule has 0 bridgehead atoms. The van der Waals surface area contributed by atoms with Gasteiger partial charge in [0.15, 0.2) is 0 Å². The number of likely N-dealkylation sites (tertiary alicyclic amines) is 1. The maximum atomic E-state index is 12.7. The number of carbonyl (C=O) groups excluding carboxylic acids is 1. The summed E-state index contributed by atoms with van der Waals surface area (Å²) in [6.07, 6.45) is 3.03. The molecule has 1 N–H and O–H groups in total. The Morgan fingerprint density at radius 2 is 1.62 bits per heavy atom. The largest absolute Gasteiger partial charge is 0.339 e. The first-order valence-corrected chi connectivity index (χ1v) is 10.5. The van der Waals surface area contributed by atoms with E-state index >= 15 is 0 Å². The average molecular weight is 413 g/mol. The first kappa shape index (κ1) is 19.0. The van der Waals surface area contributed by atoms with Crippen LogP contribution in [-0.2, 0) is 10.0 Å². The fourth-order valence-corrected chi connectivity index (χ4v) is 4.56. The Bertz CT molecular complexity index is 909. The van der Waals surface area contributed by atoms with Crippen molar-refractivity contribution in [2.45, 2.75) is 24.2 Å². The van der Waals surface area contributed by atoms with Crippen molar-refractivity contribution >= 4 is 44.8 Å². The number of nitrogens with one attached hydrogen (secondary N) is 1. The second-order valence-corrected chi connectivity index (χ2v) is 8.60. The molecule has 0 saturated carbocycles. The van der Waals surface area contributed by atoms with Gasteiger partial charge in [-0.15, -0.1) is 0 Å². The van der Waals surface area contributed by atoms with E-state index in [1.165, 1.54) is 12.1 Å². The lowest BCUT2D eigenvalue weighted by Crippen LogP contribution is -2.35. The standard InChI is InChI=1S/C18H18Cl2N2O3S/c19-14-5-7-15(8-6-14)21-26(24,25)17-12-13(4-9-16(17)20)18(23)22-10-2-1-3-11-22/h4-9,12,21H,1-3,10-11H2. The molecule has 1 aliphatic heterocycles. The van der Waals surface area contributed by atoms with Crippen LogP contribution < -0.4 is 4.72 Å². The summed E-state index contributed by atoms with van der Waals surface area (Å²) >= 11 is 11.9. The number of hydrogen-bond acceptors (Lipinski definition) is 3. The Morgan fingerprint density at radius 3 is 2.27 bits per heavy atom. The second kappa shape index (κ2) is 7.86. The molecule has 1 saturated heterocycles. The van der Waals surface area contributed by atoms with Crippen molar-refractivity contribution in [3.05, 3.63) is 58.1 Å². The van der Waals surface area contributed by atoms with Gasteiger partial charge in [0.25, 0.3) is 15.9 Å². The van der Waals surface area contributed by atoms with Crippen LogP contribution >= 0.6 is 23.2 Å². The van der Waals surface area contributed by atoms with Crippen molar-refractivity contribution in [1.82, 2.24) is 4.90 Å². The van der Waals surface area contributed by atoms with Crippen LogP contribution in [0.2, 0.25) is 10.0 Å². The number of amides is 1. The summed E-state index contributed by atoms with van der Waals surface area (Å²) < 4.78 is 27.9. The molecule has 2 aromatic rings. The number of hydrogen-bond donors (Lipinski definition) is 1. The molecular formula is C18H18Cl2N2O3S. The molecule has 0 aromatic heterocycles. The molecule has 1 fully saturated rings. The zero-order valence-electron chi connectivity index (χ0n) is 13.9. The molecule has 0 atom stereocenters. The molecule has 0 spiro atoms. The lowest BCUT2D eigenvalue weighted by Gasteiger charge is -2.27. The van der Waals surface area contributed by atoms with E-state index in [0.29, 0.717) is 29.4 Å². The molecule has 1 amide bonds. The maximum Gasteiger partial charge on any atom is 0.263 e. The highest BCUT2D eigenvalue weighted by Gasteiger charge is 2.23. The minimum Gasteiger partial charge on any atom is -0.339 e. The number of rotatable bonds is 4. The third-order valence-corrected chi connectivity index (χ3v) is 6.32. The number of benzene rings is 2. The predicted molar refractivity (Wildman–Crippen MR) is 103 cm³/mol. The van der Waals surface area contributed by atoms with Gasteiger partial charge in [0.05, 0.1) is 5.02 Å². The lowest BCUT2D eigenvalue weighted by atomic mass is 10.1. The Labute approximate surface area is 163 Å². The molecular weight excluding hydrogens is 395 g/mol. The van der Waals surface area contributed by atoms with Crippen LogP contribution in [0.15, 0.2) is 47.4 Å². The van der Waals surface area contributed by atoms with E-state index in [9.17, 15) is 13.2 Å². The summed E-state index contributed by atoms with van der Waals surface area (Å²) in [5.41, 5.74) is 0.672. The van der Waals surface area contributed by atoms with Crippen molar-refractivity contribution < 1.29 is 13.2 Å². The van der Waals surface area contributed by atoms with Gasteiger partial charge in [-0.2, -0.15) is 0 Å². The van der Waals surface area contributed by atoms with Crippen LogP contribution in [0.25, 0.3) is 0 Å². The van der Waals surface area contributed by atoms with E-state index in [2.05, 4.69) is 4.72 Å². The molecule has 0 unspecified atom stereocenters. The Hall–Kier alpha value is -1.76. The van der Waals surface area contributed by atoms with E-state index in [-0.39, 0.29) is 15.8 Å². The van der Waals surface area contributed by atoms with Gasteiger partial charge in [0.2, 0.25) is 0 Å². The van der Waals surface area contributed by atoms with Crippen LogP contribution in [-0.4, -0.2) is 32.3 Å². The molecule has 0 radical (unpaired) electrons. The highest BCUT2D eigenvalue weighted by molar-refractivity contribution is 7.92. The van der Waals surface area contributed by atoms with Crippen molar-refractivity contribution in [2.24, 2.45) is 0 Å². The molecule has 0 aliphatic carbocycles. The van der Waals surface area contributed by atoms with Gasteiger partial charge < -0.3 is 4.90 Å². The topological polar surface area (TPSA) is 66.5 Å². The predicted octanol–water partition coefficient (Wildman–Crippen LogP) is 4.42. The number of sulfonamides is 1. The van der Waals surface area contributed by atoms with Crippen molar-refractivity contribution in [3.63, 3.8) is 0 Å². The van der Waals surface area contributed by atoms with Gasteiger partial charge in [-0.3, -0.25) is 9.52 Å².